The number of aliphatic hydroxyl groups is 2. The van der Waals surface area contributed by atoms with Gasteiger partial charge in [-0.3, -0.25) is 0 Å². The predicted molar refractivity (Wildman–Crippen MR) is 71.4 cm³/mol. The van der Waals surface area contributed by atoms with Crippen LogP contribution in [0.15, 0.2) is 18.5 Å². The van der Waals surface area contributed by atoms with E-state index in [0.717, 1.165) is 5.52 Å². The molecule has 2 heterocycles. The van der Waals surface area contributed by atoms with Gasteiger partial charge in [-0.15, -0.1) is 0 Å². The highest BCUT2D eigenvalue weighted by Gasteiger charge is 2.35. The van der Waals surface area contributed by atoms with E-state index in [-0.39, 0.29) is 12.7 Å². The van der Waals surface area contributed by atoms with Crippen LogP contribution >= 0.6 is 23.2 Å². The third-order valence-electron chi connectivity index (χ3n) is 3.26. The molecule has 7 heteroatoms. The van der Waals surface area contributed by atoms with Gasteiger partial charge in [0, 0.05) is 6.42 Å². The Morgan fingerprint density at radius 1 is 1.37 bits per heavy atom. The number of benzene rings is 1. The van der Waals surface area contributed by atoms with E-state index in [1.54, 1.807) is 23.0 Å². The minimum Gasteiger partial charge on any atom is -0.394 e. The molecule has 5 nitrogen and oxygen atoms in total. The Labute approximate surface area is 119 Å². The summed E-state index contributed by atoms with van der Waals surface area (Å²) >= 11 is 11.9. The van der Waals surface area contributed by atoms with Crippen LogP contribution in [0.3, 0.4) is 0 Å². The van der Waals surface area contributed by atoms with E-state index in [1.165, 1.54) is 0 Å². The van der Waals surface area contributed by atoms with E-state index >= 15 is 0 Å². The Hall–Kier alpha value is -0.850. The standard InChI is InChI=1S/C12H12Cl2N2O3/c13-7-2-9-10(3-8(7)14)16(5-15-9)12-11(18)1-6(4-17)19-12/h2-3,5-6,11-12,17-18H,1,4H2/t6-,11?,12+/m0/s1. The zero-order chi connectivity index (χ0) is 13.6. The number of halogens is 2. The summed E-state index contributed by atoms with van der Waals surface area (Å²) in [4.78, 5) is 4.22. The fourth-order valence-corrected chi connectivity index (χ4v) is 2.64. The lowest BCUT2D eigenvalue weighted by Gasteiger charge is -2.17. The van der Waals surface area contributed by atoms with Crippen molar-refractivity contribution in [2.24, 2.45) is 0 Å². The Morgan fingerprint density at radius 3 is 2.79 bits per heavy atom. The first-order valence-electron chi connectivity index (χ1n) is 5.86. The molecule has 1 aromatic heterocycles. The summed E-state index contributed by atoms with van der Waals surface area (Å²) in [5.41, 5.74) is 1.41. The third kappa shape index (κ3) is 2.22. The quantitative estimate of drug-likeness (QED) is 0.890. The van der Waals surface area contributed by atoms with Crippen LogP contribution in [0.25, 0.3) is 11.0 Å². The Kier molecular flexibility index (Phi) is 3.41. The minimum atomic E-state index is -0.691. The number of imidazole rings is 1. The van der Waals surface area contributed by atoms with Crippen LogP contribution in [0, 0.1) is 0 Å². The molecule has 1 aliphatic rings. The molecule has 0 bridgehead atoms. The summed E-state index contributed by atoms with van der Waals surface area (Å²) in [7, 11) is 0. The summed E-state index contributed by atoms with van der Waals surface area (Å²) in [5, 5.41) is 19.9. The van der Waals surface area contributed by atoms with Crippen molar-refractivity contribution in [3.63, 3.8) is 0 Å². The van der Waals surface area contributed by atoms with E-state index in [1.807, 2.05) is 0 Å². The van der Waals surface area contributed by atoms with Gasteiger partial charge in [0.05, 0.1) is 40.1 Å². The largest absolute Gasteiger partial charge is 0.394 e. The van der Waals surface area contributed by atoms with E-state index in [4.69, 9.17) is 33.0 Å². The van der Waals surface area contributed by atoms with Gasteiger partial charge in [-0.2, -0.15) is 0 Å². The molecule has 0 aliphatic carbocycles. The number of rotatable bonds is 2. The molecule has 1 aliphatic heterocycles. The van der Waals surface area contributed by atoms with Gasteiger partial charge >= 0.3 is 0 Å². The van der Waals surface area contributed by atoms with Crippen molar-refractivity contribution in [1.29, 1.82) is 0 Å². The van der Waals surface area contributed by atoms with Crippen LogP contribution in [0.1, 0.15) is 12.6 Å². The highest BCUT2D eigenvalue weighted by molar-refractivity contribution is 6.42. The molecule has 0 spiro atoms. The van der Waals surface area contributed by atoms with Crippen molar-refractivity contribution < 1.29 is 14.9 Å². The molecule has 19 heavy (non-hydrogen) atoms. The first kappa shape index (κ1) is 13.1. The van der Waals surface area contributed by atoms with Crippen molar-refractivity contribution in [2.75, 3.05) is 6.61 Å². The van der Waals surface area contributed by atoms with Gasteiger partial charge in [-0.25, -0.2) is 4.98 Å². The minimum absolute atomic E-state index is 0.118. The average Bonchev–Trinajstić information content (AvgIpc) is 2.93. The van der Waals surface area contributed by atoms with E-state index in [0.29, 0.717) is 22.0 Å². The number of hydrogen-bond donors (Lipinski definition) is 2. The molecule has 102 valence electrons. The second kappa shape index (κ2) is 4.92. The zero-order valence-corrected chi connectivity index (χ0v) is 11.3. The number of fused-ring (bicyclic) bond motifs is 1. The van der Waals surface area contributed by atoms with Crippen LogP contribution in [0.4, 0.5) is 0 Å². The molecule has 2 N–H and O–H groups in total. The SMILES string of the molecule is OC[C@@H]1CC(O)[C@H](n2cnc3cc(Cl)c(Cl)cc32)O1. The number of aromatic nitrogens is 2. The van der Waals surface area contributed by atoms with Crippen LogP contribution in [-0.4, -0.2) is 38.6 Å². The molecule has 1 aromatic carbocycles. The van der Waals surface area contributed by atoms with Crippen LogP contribution in [0.5, 0.6) is 0 Å². The zero-order valence-electron chi connectivity index (χ0n) is 9.83. The summed E-state index contributed by atoms with van der Waals surface area (Å²) in [6.45, 7) is -0.118. The number of aliphatic hydroxyl groups excluding tert-OH is 2. The summed E-state index contributed by atoms with van der Waals surface area (Å²) in [5.74, 6) is 0. The van der Waals surface area contributed by atoms with Crippen LogP contribution < -0.4 is 0 Å². The molecule has 3 rings (SSSR count). The smallest absolute Gasteiger partial charge is 0.161 e. The van der Waals surface area contributed by atoms with Crippen molar-refractivity contribution >= 4 is 34.2 Å². The van der Waals surface area contributed by atoms with Gasteiger partial charge in [0.15, 0.2) is 6.23 Å². The topological polar surface area (TPSA) is 67.5 Å². The van der Waals surface area contributed by atoms with E-state index in [2.05, 4.69) is 4.98 Å². The normalized spacial score (nSPS) is 27.3. The average molecular weight is 303 g/mol. The summed E-state index contributed by atoms with van der Waals surface area (Å²) < 4.78 is 7.30. The maximum atomic E-state index is 10.0. The third-order valence-corrected chi connectivity index (χ3v) is 3.98. The molecule has 2 aromatic rings. The highest BCUT2D eigenvalue weighted by Crippen LogP contribution is 2.33. The Morgan fingerprint density at radius 2 is 2.11 bits per heavy atom. The predicted octanol–water partition coefficient (Wildman–Crippen LogP) is 1.98. The van der Waals surface area contributed by atoms with Gasteiger partial charge in [-0.05, 0) is 12.1 Å². The van der Waals surface area contributed by atoms with Crippen molar-refractivity contribution in [1.82, 2.24) is 9.55 Å². The monoisotopic (exact) mass is 302 g/mol. The molecule has 0 saturated carbocycles. The molecule has 1 saturated heterocycles. The number of hydrogen-bond acceptors (Lipinski definition) is 4. The molecular formula is C12H12Cl2N2O3. The van der Waals surface area contributed by atoms with E-state index in [9.17, 15) is 5.11 Å². The van der Waals surface area contributed by atoms with E-state index < -0.39 is 12.3 Å². The maximum Gasteiger partial charge on any atom is 0.161 e. The number of ether oxygens (including phenoxy) is 1. The van der Waals surface area contributed by atoms with Gasteiger partial charge in [0.1, 0.15) is 6.10 Å². The van der Waals surface area contributed by atoms with Crippen molar-refractivity contribution in [3.8, 4) is 0 Å². The van der Waals surface area contributed by atoms with Crippen molar-refractivity contribution in [3.05, 3.63) is 28.5 Å². The maximum absolute atomic E-state index is 10.0. The van der Waals surface area contributed by atoms with Gasteiger partial charge in [-0.1, -0.05) is 23.2 Å². The first-order valence-corrected chi connectivity index (χ1v) is 6.61. The van der Waals surface area contributed by atoms with Gasteiger partial charge in [0.25, 0.3) is 0 Å². The molecule has 0 radical (unpaired) electrons. The lowest BCUT2D eigenvalue weighted by atomic mass is 10.2. The fraction of sp³-hybridized carbons (Fsp3) is 0.417. The second-order valence-corrected chi connectivity index (χ2v) is 5.36. The van der Waals surface area contributed by atoms with Crippen LogP contribution in [-0.2, 0) is 4.74 Å². The Bertz CT molecular complexity index is 616. The number of nitrogens with zero attached hydrogens (tertiary/aromatic N) is 2. The molecule has 1 unspecified atom stereocenters. The fourth-order valence-electron chi connectivity index (χ4n) is 2.32. The molecular weight excluding hydrogens is 291 g/mol. The molecule has 1 fully saturated rings. The van der Waals surface area contributed by atoms with Crippen molar-refractivity contribution in [2.45, 2.75) is 24.9 Å². The second-order valence-electron chi connectivity index (χ2n) is 4.54. The Balaban J connectivity index is 2.04. The first-order chi connectivity index (χ1) is 9.10. The van der Waals surface area contributed by atoms with Crippen LogP contribution in [0.2, 0.25) is 10.0 Å². The molecule has 3 atom stereocenters. The highest BCUT2D eigenvalue weighted by atomic mass is 35.5. The lowest BCUT2D eigenvalue weighted by molar-refractivity contribution is -0.0484. The summed E-state index contributed by atoms with van der Waals surface area (Å²) in [6.07, 6.45) is 0.344. The van der Waals surface area contributed by atoms with Gasteiger partial charge in [0.2, 0.25) is 0 Å². The summed E-state index contributed by atoms with van der Waals surface area (Å²) in [6, 6.07) is 3.36. The van der Waals surface area contributed by atoms with Gasteiger partial charge < -0.3 is 19.5 Å². The molecule has 0 amide bonds. The lowest BCUT2D eigenvalue weighted by Crippen LogP contribution is -2.18.